The van der Waals surface area contributed by atoms with Crippen molar-refractivity contribution in [1.29, 1.82) is 0 Å². The van der Waals surface area contributed by atoms with E-state index in [0.717, 1.165) is 33.3 Å². The molecule has 0 aliphatic rings. The van der Waals surface area contributed by atoms with Gasteiger partial charge in [0.2, 0.25) is 5.88 Å². The van der Waals surface area contributed by atoms with E-state index >= 15 is 0 Å². The number of methoxy groups -OCH3 is 1. The molecule has 0 amide bonds. The zero-order valence-corrected chi connectivity index (χ0v) is 18.1. The molecule has 1 N–H and O–H groups in total. The Hall–Kier alpha value is -3.99. The van der Waals surface area contributed by atoms with Gasteiger partial charge in [-0.1, -0.05) is 54.6 Å². The smallest absolute Gasteiger partial charge is 0.262 e. The molecule has 0 radical (unpaired) electrons. The lowest BCUT2D eigenvalue weighted by Gasteiger charge is -2.09. The standard InChI is InChI=1S/C27H24N2O3/c1-3-29-22-12-8-7-11-21(22)25-24(27(29)30)23(19-13-15-20(31-2)16-14-19)26(32-25)28-17-18-9-5-4-6-10-18/h4-16,28H,3,17H2,1-2H3. The molecule has 5 rings (SSSR count). The number of aromatic nitrogens is 1. The highest BCUT2D eigenvalue weighted by atomic mass is 16.5. The molecule has 5 aromatic rings. The maximum Gasteiger partial charge on any atom is 0.262 e. The van der Waals surface area contributed by atoms with Gasteiger partial charge in [-0.3, -0.25) is 4.79 Å². The topological polar surface area (TPSA) is 56.4 Å². The zero-order valence-electron chi connectivity index (χ0n) is 18.1. The predicted octanol–water partition coefficient (Wildman–Crippen LogP) is 6.06. The molecule has 2 aromatic heterocycles. The van der Waals surface area contributed by atoms with E-state index in [1.54, 1.807) is 11.7 Å². The maximum atomic E-state index is 13.6. The van der Waals surface area contributed by atoms with E-state index in [1.807, 2.05) is 73.7 Å². The molecule has 0 saturated carbocycles. The summed E-state index contributed by atoms with van der Waals surface area (Å²) in [5, 5.41) is 4.94. The van der Waals surface area contributed by atoms with Crippen LogP contribution < -0.4 is 15.6 Å². The van der Waals surface area contributed by atoms with Gasteiger partial charge in [0.15, 0.2) is 5.58 Å². The average Bonchev–Trinajstić information content (AvgIpc) is 3.24. The van der Waals surface area contributed by atoms with Gasteiger partial charge in [-0.25, -0.2) is 0 Å². The Morgan fingerprint density at radius 2 is 1.66 bits per heavy atom. The van der Waals surface area contributed by atoms with Gasteiger partial charge in [-0.15, -0.1) is 0 Å². The van der Waals surface area contributed by atoms with Gasteiger partial charge in [0.05, 0.1) is 23.6 Å². The molecule has 2 heterocycles. The van der Waals surface area contributed by atoms with E-state index in [-0.39, 0.29) is 5.56 Å². The zero-order chi connectivity index (χ0) is 22.1. The lowest BCUT2D eigenvalue weighted by molar-refractivity contribution is 0.415. The Balaban J connectivity index is 1.78. The fraction of sp³-hybridized carbons (Fsp3) is 0.148. The van der Waals surface area contributed by atoms with Crippen LogP contribution in [-0.2, 0) is 13.1 Å². The van der Waals surface area contributed by atoms with Crippen molar-refractivity contribution in [2.75, 3.05) is 12.4 Å². The van der Waals surface area contributed by atoms with Crippen molar-refractivity contribution >= 4 is 27.8 Å². The van der Waals surface area contributed by atoms with E-state index in [4.69, 9.17) is 9.15 Å². The number of rotatable bonds is 6. The molecule has 0 saturated heterocycles. The summed E-state index contributed by atoms with van der Waals surface area (Å²) in [7, 11) is 1.64. The van der Waals surface area contributed by atoms with Crippen molar-refractivity contribution in [3.8, 4) is 16.9 Å². The van der Waals surface area contributed by atoms with Crippen LogP contribution in [0.2, 0.25) is 0 Å². The molecule has 3 aromatic carbocycles. The lowest BCUT2D eigenvalue weighted by atomic mass is 10.0. The molecular formula is C27H24N2O3. The minimum atomic E-state index is -0.0523. The normalized spacial score (nSPS) is 11.2. The molecule has 0 fully saturated rings. The molecule has 0 unspecified atom stereocenters. The molecule has 0 atom stereocenters. The Morgan fingerprint density at radius 3 is 2.38 bits per heavy atom. The van der Waals surface area contributed by atoms with E-state index < -0.39 is 0 Å². The molecule has 0 bridgehead atoms. The Labute approximate surface area is 185 Å². The maximum absolute atomic E-state index is 13.6. The van der Waals surface area contributed by atoms with Gasteiger partial charge in [0.25, 0.3) is 5.56 Å². The van der Waals surface area contributed by atoms with Gasteiger partial charge in [0, 0.05) is 18.5 Å². The van der Waals surface area contributed by atoms with Crippen LogP contribution in [0.25, 0.3) is 33.0 Å². The molecule has 32 heavy (non-hydrogen) atoms. The first kappa shape index (κ1) is 19.9. The third kappa shape index (κ3) is 3.32. The number of hydrogen-bond donors (Lipinski definition) is 1. The summed E-state index contributed by atoms with van der Waals surface area (Å²) in [6, 6.07) is 25.7. The number of anilines is 1. The SMILES string of the molecule is CCn1c(=O)c2c(-c3ccc(OC)cc3)c(NCc3ccccc3)oc2c2ccccc21. The van der Waals surface area contributed by atoms with Crippen LogP contribution in [0, 0.1) is 0 Å². The number of nitrogens with one attached hydrogen (secondary N) is 1. The first-order valence-corrected chi connectivity index (χ1v) is 10.7. The summed E-state index contributed by atoms with van der Waals surface area (Å²) in [5.41, 5.74) is 4.23. The van der Waals surface area contributed by atoms with Crippen molar-refractivity contribution < 1.29 is 9.15 Å². The monoisotopic (exact) mass is 424 g/mol. The highest BCUT2D eigenvalue weighted by Gasteiger charge is 2.23. The van der Waals surface area contributed by atoms with Crippen LogP contribution >= 0.6 is 0 Å². The summed E-state index contributed by atoms with van der Waals surface area (Å²) < 4.78 is 13.5. The van der Waals surface area contributed by atoms with Crippen molar-refractivity contribution in [2.24, 2.45) is 0 Å². The highest BCUT2D eigenvalue weighted by Crippen LogP contribution is 2.40. The Bertz CT molecular complexity index is 1450. The highest BCUT2D eigenvalue weighted by molar-refractivity contribution is 6.10. The average molecular weight is 425 g/mol. The Kier molecular flexibility index (Phi) is 5.15. The minimum Gasteiger partial charge on any atom is -0.497 e. The van der Waals surface area contributed by atoms with Crippen LogP contribution in [0.15, 0.2) is 88.1 Å². The summed E-state index contributed by atoms with van der Waals surface area (Å²) in [6.45, 7) is 3.15. The van der Waals surface area contributed by atoms with Crippen molar-refractivity contribution in [3.05, 3.63) is 94.8 Å². The predicted molar refractivity (Wildman–Crippen MR) is 129 cm³/mol. The van der Waals surface area contributed by atoms with Crippen LogP contribution in [-0.4, -0.2) is 11.7 Å². The van der Waals surface area contributed by atoms with E-state index in [9.17, 15) is 4.79 Å². The van der Waals surface area contributed by atoms with Gasteiger partial charge in [0.1, 0.15) is 5.75 Å². The lowest BCUT2D eigenvalue weighted by Crippen LogP contribution is -2.19. The largest absolute Gasteiger partial charge is 0.497 e. The third-order valence-corrected chi connectivity index (χ3v) is 5.80. The van der Waals surface area contributed by atoms with Crippen LogP contribution in [0.1, 0.15) is 12.5 Å². The first-order chi connectivity index (χ1) is 15.7. The number of benzene rings is 3. The van der Waals surface area contributed by atoms with Gasteiger partial charge < -0.3 is 19.0 Å². The molecule has 0 aliphatic heterocycles. The third-order valence-electron chi connectivity index (χ3n) is 5.80. The quantitative estimate of drug-likeness (QED) is 0.360. The number of hydrogen-bond acceptors (Lipinski definition) is 4. The summed E-state index contributed by atoms with van der Waals surface area (Å²) in [5.74, 6) is 1.35. The van der Waals surface area contributed by atoms with Gasteiger partial charge in [-0.05, 0) is 42.3 Å². The van der Waals surface area contributed by atoms with Crippen LogP contribution in [0.4, 0.5) is 5.88 Å². The first-order valence-electron chi connectivity index (χ1n) is 10.7. The number of aryl methyl sites for hydroxylation is 1. The van der Waals surface area contributed by atoms with E-state index in [1.165, 1.54) is 0 Å². The molecule has 0 aliphatic carbocycles. The molecular weight excluding hydrogens is 400 g/mol. The minimum absolute atomic E-state index is 0.0523. The summed E-state index contributed by atoms with van der Waals surface area (Å²) >= 11 is 0. The van der Waals surface area contributed by atoms with E-state index in [0.29, 0.717) is 29.9 Å². The molecule has 160 valence electrons. The number of furan rings is 1. The number of fused-ring (bicyclic) bond motifs is 3. The van der Waals surface area contributed by atoms with Crippen LogP contribution in [0.5, 0.6) is 5.75 Å². The van der Waals surface area contributed by atoms with Gasteiger partial charge >= 0.3 is 0 Å². The number of pyridine rings is 1. The summed E-state index contributed by atoms with van der Waals surface area (Å²) in [4.78, 5) is 13.6. The molecule has 5 heteroatoms. The van der Waals surface area contributed by atoms with Crippen molar-refractivity contribution in [3.63, 3.8) is 0 Å². The number of ether oxygens (including phenoxy) is 1. The number of para-hydroxylation sites is 1. The second kappa shape index (κ2) is 8.27. The van der Waals surface area contributed by atoms with Gasteiger partial charge in [-0.2, -0.15) is 0 Å². The number of nitrogens with zero attached hydrogens (tertiary/aromatic N) is 1. The van der Waals surface area contributed by atoms with Crippen LogP contribution in [0.3, 0.4) is 0 Å². The van der Waals surface area contributed by atoms with E-state index in [2.05, 4.69) is 17.4 Å². The fourth-order valence-corrected chi connectivity index (χ4v) is 4.22. The van der Waals surface area contributed by atoms with Crippen molar-refractivity contribution in [1.82, 2.24) is 4.57 Å². The molecule has 5 nitrogen and oxygen atoms in total. The second-order valence-electron chi connectivity index (χ2n) is 7.64. The second-order valence-corrected chi connectivity index (χ2v) is 7.64. The molecule has 0 spiro atoms. The summed E-state index contributed by atoms with van der Waals surface area (Å²) in [6.07, 6.45) is 0. The van der Waals surface area contributed by atoms with Crippen molar-refractivity contribution in [2.45, 2.75) is 20.0 Å². The fourth-order valence-electron chi connectivity index (χ4n) is 4.22. The Morgan fingerprint density at radius 1 is 0.938 bits per heavy atom.